The van der Waals surface area contributed by atoms with Crippen molar-refractivity contribution >= 4 is 41.1 Å². The van der Waals surface area contributed by atoms with Crippen molar-refractivity contribution in [2.24, 2.45) is 0 Å². The average molecular weight is 569 g/mol. The zero-order chi connectivity index (χ0) is 27.7. The average Bonchev–Trinajstić information content (AvgIpc) is 3.19. The summed E-state index contributed by atoms with van der Waals surface area (Å²) in [4.78, 5) is 28.5. The molecule has 1 aliphatic carbocycles. The lowest BCUT2D eigenvalue weighted by Gasteiger charge is -2.38. The van der Waals surface area contributed by atoms with E-state index in [0.29, 0.717) is 18.8 Å². The molecule has 2 fully saturated rings. The van der Waals surface area contributed by atoms with Gasteiger partial charge < -0.3 is 19.9 Å². The summed E-state index contributed by atoms with van der Waals surface area (Å²) < 4.78 is 55.6. The fraction of sp³-hybridized carbons (Fsp3) is 0.520. The molecule has 1 saturated carbocycles. The number of aliphatic hydroxyl groups excluding tert-OH is 1. The van der Waals surface area contributed by atoms with E-state index in [-0.39, 0.29) is 29.8 Å². The van der Waals surface area contributed by atoms with Crippen LogP contribution in [0.25, 0.3) is 0 Å². The highest BCUT2D eigenvalue weighted by Crippen LogP contribution is 2.41. The number of sulfonamides is 1. The van der Waals surface area contributed by atoms with Crippen molar-refractivity contribution in [3.63, 3.8) is 0 Å². The fourth-order valence-corrected chi connectivity index (χ4v) is 7.83. The van der Waals surface area contributed by atoms with Crippen molar-refractivity contribution in [3.8, 4) is 0 Å². The van der Waals surface area contributed by atoms with Gasteiger partial charge in [-0.3, -0.25) is 14.3 Å². The quantitative estimate of drug-likeness (QED) is 0.418. The van der Waals surface area contributed by atoms with E-state index < -0.39 is 60.3 Å². The molecule has 3 N–H and O–H groups in total. The van der Waals surface area contributed by atoms with Gasteiger partial charge in [0, 0.05) is 38.2 Å². The third-order valence-corrected chi connectivity index (χ3v) is 11.7. The number of nitrogens with one attached hydrogen (secondary N) is 2. The summed E-state index contributed by atoms with van der Waals surface area (Å²) in [6.07, 6.45) is 0.934. The predicted molar refractivity (Wildman–Crippen MR) is 147 cm³/mol. The van der Waals surface area contributed by atoms with Crippen LogP contribution in [0.4, 0.5) is 25.8 Å². The molecule has 1 unspecified atom stereocenters. The van der Waals surface area contributed by atoms with Gasteiger partial charge in [0.15, 0.2) is 0 Å². The van der Waals surface area contributed by atoms with Gasteiger partial charge in [-0.05, 0) is 48.8 Å². The standard InChI is InChI=1S/C25H34F2N4O5SSi/c1-38(2)14-10-30(11-15-38)22-16-18(29-37(35,36)13-12-32)5-6-20(22)23(33)28-21-4-3-9-31(24(21)34)19-7-8-25(26,27)17-19/h3-6,9,16,19,29,32H,7-8,10-15,17H2,1-2H3,(H,28,33). The molecule has 1 amide bonds. The van der Waals surface area contributed by atoms with Crippen LogP contribution in [0, 0.1) is 0 Å². The normalized spacial score (nSPS) is 20.8. The van der Waals surface area contributed by atoms with Crippen LogP contribution >= 0.6 is 0 Å². The highest BCUT2D eigenvalue weighted by molar-refractivity contribution is 7.92. The number of nitrogens with zero attached hydrogens (tertiary/aromatic N) is 2. The molecule has 2 aliphatic rings. The maximum atomic E-state index is 13.7. The Hall–Kier alpha value is -2.77. The topological polar surface area (TPSA) is 121 Å². The van der Waals surface area contributed by atoms with Crippen molar-refractivity contribution in [2.75, 3.05) is 40.4 Å². The van der Waals surface area contributed by atoms with E-state index >= 15 is 0 Å². The molecule has 1 saturated heterocycles. The molecular weight excluding hydrogens is 534 g/mol. The van der Waals surface area contributed by atoms with Gasteiger partial charge in [-0.15, -0.1) is 0 Å². The van der Waals surface area contributed by atoms with Crippen LogP contribution in [0.5, 0.6) is 0 Å². The highest BCUT2D eigenvalue weighted by Gasteiger charge is 2.40. The number of carbonyl (C=O) groups excluding carboxylic acids is 1. The third kappa shape index (κ3) is 6.61. The molecule has 1 atom stereocenters. The maximum absolute atomic E-state index is 13.7. The predicted octanol–water partition coefficient (Wildman–Crippen LogP) is 3.72. The Morgan fingerprint density at radius 2 is 1.92 bits per heavy atom. The van der Waals surface area contributed by atoms with Crippen molar-refractivity contribution in [1.82, 2.24) is 4.57 Å². The first-order valence-corrected chi connectivity index (χ1v) is 17.8. The summed E-state index contributed by atoms with van der Waals surface area (Å²) in [6, 6.07) is 8.90. The number of aliphatic hydroxyl groups is 1. The number of hydrogen-bond acceptors (Lipinski definition) is 6. The molecule has 0 bridgehead atoms. The van der Waals surface area contributed by atoms with Gasteiger partial charge in [-0.25, -0.2) is 17.2 Å². The Morgan fingerprint density at radius 3 is 2.55 bits per heavy atom. The molecule has 0 radical (unpaired) electrons. The number of halogens is 2. The van der Waals surface area contributed by atoms with Crippen molar-refractivity contribution in [3.05, 3.63) is 52.4 Å². The van der Waals surface area contributed by atoms with Crippen LogP contribution in [-0.4, -0.2) is 63.4 Å². The lowest BCUT2D eigenvalue weighted by atomic mass is 10.1. The second kappa shape index (κ2) is 10.8. The number of rotatable bonds is 8. The number of carbonyl (C=O) groups is 1. The van der Waals surface area contributed by atoms with E-state index in [9.17, 15) is 26.8 Å². The van der Waals surface area contributed by atoms with Gasteiger partial charge in [0.25, 0.3) is 11.5 Å². The minimum atomic E-state index is -3.77. The van der Waals surface area contributed by atoms with Crippen LogP contribution in [0.1, 0.15) is 35.7 Å². The molecule has 2 aromatic rings. The van der Waals surface area contributed by atoms with E-state index in [1.54, 1.807) is 12.1 Å². The van der Waals surface area contributed by atoms with E-state index in [0.717, 1.165) is 12.1 Å². The SMILES string of the molecule is C[Si]1(C)CCN(c2cc(NS(=O)(=O)CCO)ccc2C(=O)Nc2cccn(C3CCC(F)(F)C3)c2=O)CC1. The number of amides is 1. The first kappa shape index (κ1) is 28.2. The van der Waals surface area contributed by atoms with Crippen LogP contribution in [0.2, 0.25) is 25.2 Å². The summed E-state index contributed by atoms with van der Waals surface area (Å²) >= 11 is 0. The number of pyridine rings is 1. The summed E-state index contributed by atoms with van der Waals surface area (Å²) in [5.41, 5.74) is 0.487. The second-order valence-corrected chi connectivity index (χ2v) is 18.0. The Kier molecular flexibility index (Phi) is 8.01. The number of aromatic nitrogens is 1. The molecule has 208 valence electrons. The highest BCUT2D eigenvalue weighted by atomic mass is 32.2. The lowest BCUT2D eigenvalue weighted by Crippen LogP contribution is -2.43. The zero-order valence-electron chi connectivity index (χ0n) is 21.5. The Balaban J connectivity index is 1.63. The maximum Gasteiger partial charge on any atom is 0.274 e. The lowest BCUT2D eigenvalue weighted by molar-refractivity contribution is 0.00551. The van der Waals surface area contributed by atoms with Crippen molar-refractivity contribution in [2.45, 2.75) is 56.4 Å². The van der Waals surface area contributed by atoms with Crippen molar-refractivity contribution < 1.29 is 27.1 Å². The molecule has 2 heterocycles. The molecule has 1 aliphatic heterocycles. The minimum absolute atomic E-state index is 0.0152. The van der Waals surface area contributed by atoms with Crippen LogP contribution in [0.3, 0.4) is 0 Å². The van der Waals surface area contributed by atoms with E-state index in [1.165, 1.54) is 29.0 Å². The summed E-state index contributed by atoms with van der Waals surface area (Å²) in [7, 11) is -5.12. The molecule has 1 aromatic carbocycles. The van der Waals surface area contributed by atoms with Gasteiger partial charge in [-0.1, -0.05) is 13.1 Å². The molecular formula is C25H34F2N4O5SSi. The first-order valence-electron chi connectivity index (χ1n) is 12.7. The molecule has 13 heteroatoms. The zero-order valence-corrected chi connectivity index (χ0v) is 23.4. The van der Waals surface area contributed by atoms with Gasteiger partial charge in [-0.2, -0.15) is 0 Å². The molecule has 1 aromatic heterocycles. The van der Waals surface area contributed by atoms with Crippen LogP contribution in [-0.2, 0) is 10.0 Å². The number of alkyl halides is 2. The Morgan fingerprint density at radius 1 is 1.21 bits per heavy atom. The monoisotopic (exact) mass is 568 g/mol. The first-order chi connectivity index (χ1) is 17.8. The number of benzene rings is 1. The summed E-state index contributed by atoms with van der Waals surface area (Å²) in [5.74, 6) is -3.83. The third-order valence-electron chi connectivity index (χ3n) is 7.33. The Labute approximate surface area is 221 Å². The van der Waals surface area contributed by atoms with Gasteiger partial charge in [0.05, 0.1) is 37.4 Å². The van der Waals surface area contributed by atoms with E-state index in [2.05, 4.69) is 23.1 Å². The molecule has 38 heavy (non-hydrogen) atoms. The minimum Gasteiger partial charge on any atom is -0.395 e. The fourth-order valence-electron chi connectivity index (χ4n) is 5.00. The van der Waals surface area contributed by atoms with Gasteiger partial charge in [0.2, 0.25) is 15.9 Å². The molecule has 0 spiro atoms. The number of anilines is 3. The second-order valence-electron chi connectivity index (χ2n) is 10.9. The summed E-state index contributed by atoms with van der Waals surface area (Å²) in [5, 5.41) is 11.7. The number of hydrogen-bond donors (Lipinski definition) is 3. The van der Waals surface area contributed by atoms with Gasteiger partial charge in [0.1, 0.15) is 5.69 Å². The summed E-state index contributed by atoms with van der Waals surface area (Å²) in [6.45, 7) is 5.50. The van der Waals surface area contributed by atoms with Crippen LogP contribution < -0.4 is 20.5 Å². The Bertz CT molecular complexity index is 1360. The van der Waals surface area contributed by atoms with E-state index in [4.69, 9.17) is 5.11 Å². The van der Waals surface area contributed by atoms with Crippen LogP contribution in [0.15, 0.2) is 41.3 Å². The largest absolute Gasteiger partial charge is 0.395 e. The van der Waals surface area contributed by atoms with Crippen molar-refractivity contribution in [1.29, 1.82) is 0 Å². The molecule has 4 rings (SSSR count). The molecule has 9 nitrogen and oxygen atoms in total. The smallest absolute Gasteiger partial charge is 0.274 e. The van der Waals surface area contributed by atoms with E-state index in [1.807, 2.05) is 4.90 Å². The van der Waals surface area contributed by atoms with Gasteiger partial charge >= 0.3 is 0 Å².